The van der Waals surface area contributed by atoms with Crippen LogP contribution in [0.4, 0.5) is 5.69 Å². The summed E-state index contributed by atoms with van der Waals surface area (Å²) < 4.78 is 10.6. The highest BCUT2D eigenvalue weighted by molar-refractivity contribution is 6.32. The van der Waals surface area contributed by atoms with Crippen LogP contribution in [0.15, 0.2) is 36.4 Å². The first-order valence-corrected chi connectivity index (χ1v) is 7.21. The molecule has 0 aromatic heterocycles. The minimum Gasteiger partial charge on any atom is -0.495 e. The van der Waals surface area contributed by atoms with E-state index >= 15 is 0 Å². The van der Waals surface area contributed by atoms with Crippen molar-refractivity contribution in [1.82, 2.24) is 0 Å². The Kier molecular flexibility index (Phi) is 5.28. The third kappa shape index (κ3) is 3.92. The first-order chi connectivity index (χ1) is 10.5. The van der Waals surface area contributed by atoms with E-state index in [4.69, 9.17) is 21.1 Å². The van der Waals surface area contributed by atoms with Crippen LogP contribution in [0, 0.1) is 13.8 Å². The molecule has 2 aromatic carbocycles. The number of aryl methyl sites for hydroxylation is 1. The highest BCUT2D eigenvalue weighted by Gasteiger charge is 2.08. The standard InChI is InChI=1S/C17H18ClNO3/c1-11-5-4-6-15(12(11)2)22-10-17(20)19-13-7-8-16(21-3)14(18)9-13/h4-9H,10H2,1-3H3,(H,19,20). The highest BCUT2D eigenvalue weighted by Crippen LogP contribution is 2.27. The number of nitrogens with one attached hydrogen (secondary N) is 1. The number of hydrogen-bond donors (Lipinski definition) is 1. The van der Waals surface area contributed by atoms with Gasteiger partial charge in [0.25, 0.3) is 5.91 Å². The fourth-order valence-electron chi connectivity index (χ4n) is 1.97. The van der Waals surface area contributed by atoms with Crippen LogP contribution < -0.4 is 14.8 Å². The summed E-state index contributed by atoms with van der Waals surface area (Å²) >= 11 is 6.02. The molecular weight excluding hydrogens is 302 g/mol. The monoisotopic (exact) mass is 319 g/mol. The number of hydrogen-bond acceptors (Lipinski definition) is 3. The van der Waals surface area contributed by atoms with Crippen LogP contribution in [0.5, 0.6) is 11.5 Å². The first kappa shape index (κ1) is 16.2. The number of ether oxygens (including phenoxy) is 2. The van der Waals surface area contributed by atoms with Crippen LogP contribution in [0.25, 0.3) is 0 Å². The molecule has 22 heavy (non-hydrogen) atoms. The van der Waals surface area contributed by atoms with Gasteiger partial charge in [-0.3, -0.25) is 4.79 Å². The number of carbonyl (C=O) groups excluding carboxylic acids is 1. The minimum absolute atomic E-state index is 0.0616. The average Bonchev–Trinajstić information content (AvgIpc) is 2.49. The van der Waals surface area contributed by atoms with Crippen molar-refractivity contribution in [1.29, 1.82) is 0 Å². The van der Waals surface area contributed by atoms with Gasteiger partial charge in [-0.1, -0.05) is 23.7 Å². The zero-order valence-electron chi connectivity index (χ0n) is 12.8. The molecule has 1 N–H and O–H groups in total. The van der Waals surface area contributed by atoms with Gasteiger partial charge in [-0.2, -0.15) is 0 Å². The number of benzene rings is 2. The fraction of sp³-hybridized carbons (Fsp3) is 0.235. The Balaban J connectivity index is 1.96. The quantitative estimate of drug-likeness (QED) is 0.906. The molecule has 0 aliphatic rings. The van der Waals surface area contributed by atoms with Crippen molar-refractivity contribution >= 4 is 23.2 Å². The normalized spacial score (nSPS) is 10.2. The van der Waals surface area contributed by atoms with E-state index in [-0.39, 0.29) is 12.5 Å². The van der Waals surface area contributed by atoms with Crippen molar-refractivity contribution in [3.05, 3.63) is 52.5 Å². The Morgan fingerprint density at radius 2 is 1.95 bits per heavy atom. The van der Waals surface area contributed by atoms with E-state index in [1.54, 1.807) is 18.2 Å². The van der Waals surface area contributed by atoms with Crippen molar-refractivity contribution in [2.24, 2.45) is 0 Å². The summed E-state index contributed by atoms with van der Waals surface area (Å²) in [6, 6.07) is 10.8. The molecule has 116 valence electrons. The highest BCUT2D eigenvalue weighted by atomic mass is 35.5. The number of amides is 1. The predicted molar refractivity (Wildman–Crippen MR) is 88.0 cm³/mol. The van der Waals surface area contributed by atoms with Gasteiger partial charge in [0.1, 0.15) is 11.5 Å². The van der Waals surface area contributed by atoms with E-state index in [0.717, 1.165) is 11.1 Å². The van der Waals surface area contributed by atoms with Gasteiger partial charge in [-0.25, -0.2) is 0 Å². The number of anilines is 1. The molecule has 0 saturated carbocycles. The topological polar surface area (TPSA) is 47.6 Å². The van der Waals surface area contributed by atoms with E-state index in [0.29, 0.717) is 22.2 Å². The molecule has 2 rings (SSSR count). The van der Waals surface area contributed by atoms with E-state index in [1.165, 1.54) is 7.11 Å². The number of rotatable bonds is 5. The van der Waals surface area contributed by atoms with Gasteiger partial charge in [0.15, 0.2) is 6.61 Å². The molecule has 0 heterocycles. The molecule has 0 atom stereocenters. The van der Waals surface area contributed by atoms with E-state index in [9.17, 15) is 4.79 Å². The van der Waals surface area contributed by atoms with Crippen molar-refractivity contribution in [2.45, 2.75) is 13.8 Å². The molecule has 0 radical (unpaired) electrons. The van der Waals surface area contributed by atoms with Gasteiger partial charge in [0.2, 0.25) is 0 Å². The van der Waals surface area contributed by atoms with Crippen LogP contribution in [0.3, 0.4) is 0 Å². The second-order valence-corrected chi connectivity index (χ2v) is 5.29. The number of halogens is 1. The Morgan fingerprint density at radius 1 is 1.18 bits per heavy atom. The molecule has 0 unspecified atom stereocenters. The summed E-state index contributed by atoms with van der Waals surface area (Å²) in [6.07, 6.45) is 0. The number of methoxy groups -OCH3 is 1. The van der Waals surface area contributed by atoms with Gasteiger partial charge in [-0.05, 0) is 49.2 Å². The Bertz CT molecular complexity index is 686. The average molecular weight is 320 g/mol. The molecule has 4 nitrogen and oxygen atoms in total. The lowest BCUT2D eigenvalue weighted by molar-refractivity contribution is -0.118. The second kappa shape index (κ2) is 7.18. The molecule has 0 spiro atoms. The molecule has 0 bridgehead atoms. The predicted octanol–water partition coefficient (Wildman–Crippen LogP) is 3.98. The largest absolute Gasteiger partial charge is 0.495 e. The van der Waals surface area contributed by atoms with Crippen LogP contribution >= 0.6 is 11.6 Å². The van der Waals surface area contributed by atoms with E-state index in [1.807, 2.05) is 32.0 Å². The summed E-state index contributed by atoms with van der Waals surface area (Å²) in [5.41, 5.74) is 2.75. The van der Waals surface area contributed by atoms with Gasteiger partial charge >= 0.3 is 0 Å². The molecule has 5 heteroatoms. The maximum absolute atomic E-state index is 11.9. The molecule has 0 fully saturated rings. The molecule has 2 aromatic rings. The summed E-state index contributed by atoms with van der Waals surface area (Å²) in [7, 11) is 1.54. The number of carbonyl (C=O) groups is 1. The zero-order chi connectivity index (χ0) is 16.1. The van der Waals surface area contributed by atoms with Crippen molar-refractivity contribution in [2.75, 3.05) is 19.0 Å². The van der Waals surface area contributed by atoms with Gasteiger partial charge in [0.05, 0.1) is 12.1 Å². The Labute approximate surface area is 135 Å². The fourth-order valence-corrected chi connectivity index (χ4v) is 2.22. The lowest BCUT2D eigenvalue weighted by atomic mass is 10.1. The molecule has 0 saturated heterocycles. The summed E-state index contributed by atoms with van der Waals surface area (Å²) in [4.78, 5) is 11.9. The lowest BCUT2D eigenvalue weighted by Crippen LogP contribution is -2.20. The maximum Gasteiger partial charge on any atom is 0.262 e. The SMILES string of the molecule is COc1ccc(NC(=O)COc2cccc(C)c2C)cc1Cl. The molecular formula is C17H18ClNO3. The Morgan fingerprint density at radius 3 is 2.64 bits per heavy atom. The Hall–Kier alpha value is -2.20. The van der Waals surface area contributed by atoms with Crippen LogP contribution in [-0.2, 0) is 4.79 Å². The van der Waals surface area contributed by atoms with Crippen molar-refractivity contribution in [3.8, 4) is 11.5 Å². The zero-order valence-corrected chi connectivity index (χ0v) is 13.5. The lowest BCUT2D eigenvalue weighted by Gasteiger charge is -2.11. The summed E-state index contributed by atoms with van der Waals surface area (Å²) in [5, 5.41) is 3.17. The molecule has 1 amide bonds. The first-order valence-electron chi connectivity index (χ1n) is 6.83. The summed E-state index contributed by atoms with van der Waals surface area (Å²) in [6.45, 7) is 3.90. The van der Waals surface area contributed by atoms with Gasteiger partial charge in [0, 0.05) is 5.69 Å². The third-order valence-corrected chi connectivity index (χ3v) is 3.64. The molecule has 0 aliphatic heterocycles. The van der Waals surface area contributed by atoms with E-state index < -0.39 is 0 Å². The van der Waals surface area contributed by atoms with Crippen LogP contribution in [0.2, 0.25) is 5.02 Å². The van der Waals surface area contributed by atoms with Gasteiger partial charge < -0.3 is 14.8 Å². The van der Waals surface area contributed by atoms with E-state index in [2.05, 4.69) is 5.32 Å². The minimum atomic E-state index is -0.248. The van der Waals surface area contributed by atoms with Crippen LogP contribution in [-0.4, -0.2) is 19.6 Å². The van der Waals surface area contributed by atoms with Crippen LogP contribution in [0.1, 0.15) is 11.1 Å². The van der Waals surface area contributed by atoms with Crippen molar-refractivity contribution < 1.29 is 14.3 Å². The van der Waals surface area contributed by atoms with Crippen molar-refractivity contribution in [3.63, 3.8) is 0 Å². The third-order valence-electron chi connectivity index (χ3n) is 3.35. The molecule has 0 aliphatic carbocycles. The smallest absolute Gasteiger partial charge is 0.262 e. The summed E-state index contributed by atoms with van der Waals surface area (Å²) in [5.74, 6) is 1.02. The second-order valence-electron chi connectivity index (χ2n) is 4.88. The van der Waals surface area contributed by atoms with Gasteiger partial charge in [-0.15, -0.1) is 0 Å². The maximum atomic E-state index is 11.9.